The van der Waals surface area contributed by atoms with Gasteiger partial charge in [-0.1, -0.05) is 0 Å². The van der Waals surface area contributed by atoms with Crippen molar-refractivity contribution in [3.8, 4) is 5.75 Å². The monoisotopic (exact) mass is 303 g/mol. The van der Waals surface area contributed by atoms with E-state index in [1.165, 1.54) is 6.07 Å². The summed E-state index contributed by atoms with van der Waals surface area (Å²) in [5.74, 6) is -0.512. The van der Waals surface area contributed by atoms with E-state index in [2.05, 4.69) is 4.74 Å². The summed E-state index contributed by atoms with van der Waals surface area (Å²) in [4.78, 5) is 0. The summed E-state index contributed by atoms with van der Waals surface area (Å²) in [6.07, 6.45) is -9.16. The Balaban J connectivity index is 2.56. The van der Waals surface area contributed by atoms with Crippen LogP contribution in [0.3, 0.4) is 0 Å². The van der Waals surface area contributed by atoms with Crippen molar-refractivity contribution >= 4 is 5.69 Å². The highest BCUT2D eigenvalue weighted by molar-refractivity contribution is 5.49. The Kier molecular flexibility index (Phi) is 5.09. The number of nitrogens with two attached hydrogens (primary N) is 1. The van der Waals surface area contributed by atoms with Crippen molar-refractivity contribution < 1.29 is 35.8 Å². The zero-order chi connectivity index (χ0) is 15.4. The molecule has 20 heavy (non-hydrogen) atoms. The van der Waals surface area contributed by atoms with Crippen molar-refractivity contribution in [2.45, 2.75) is 12.4 Å². The van der Waals surface area contributed by atoms with E-state index in [1.807, 2.05) is 0 Å². The Morgan fingerprint density at radius 1 is 1.00 bits per heavy atom. The molecule has 1 rings (SSSR count). The van der Waals surface area contributed by atoms with Crippen molar-refractivity contribution in [1.29, 1.82) is 0 Å². The molecule has 0 saturated carbocycles. The quantitative estimate of drug-likeness (QED) is 0.516. The van der Waals surface area contributed by atoms with Gasteiger partial charge in [0.15, 0.2) is 0 Å². The summed E-state index contributed by atoms with van der Waals surface area (Å²) in [6.45, 7) is -2.41. The molecule has 2 N–H and O–H groups in total. The highest BCUT2D eigenvalue weighted by Crippen LogP contribution is 2.37. The lowest BCUT2D eigenvalue weighted by Crippen LogP contribution is -2.20. The fourth-order valence-electron chi connectivity index (χ4n) is 1.29. The second kappa shape index (κ2) is 6.21. The molecule has 0 heterocycles. The number of halogens is 6. The fourth-order valence-corrected chi connectivity index (χ4v) is 1.29. The molecule has 114 valence electrons. The average molecular weight is 303 g/mol. The molecular formula is C11H11F6NO2. The largest absolute Gasteiger partial charge is 0.491 e. The van der Waals surface area contributed by atoms with Gasteiger partial charge < -0.3 is 15.2 Å². The maximum Gasteiger partial charge on any atom is 0.420 e. The summed E-state index contributed by atoms with van der Waals surface area (Å²) < 4.78 is 82.1. The lowest BCUT2D eigenvalue weighted by molar-refractivity contribution is -0.175. The minimum atomic E-state index is -4.67. The first-order chi connectivity index (χ1) is 9.09. The van der Waals surface area contributed by atoms with Gasteiger partial charge in [-0.15, -0.1) is 0 Å². The van der Waals surface area contributed by atoms with E-state index in [0.29, 0.717) is 6.07 Å². The first kappa shape index (κ1) is 16.4. The Morgan fingerprint density at radius 3 is 2.20 bits per heavy atom. The van der Waals surface area contributed by atoms with E-state index in [4.69, 9.17) is 10.5 Å². The maximum absolute atomic E-state index is 12.6. The summed E-state index contributed by atoms with van der Waals surface area (Å²) in [6, 6.07) is 2.88. The van der Waals surface area contributed by atoms with Gasteiger partial charge in [0.05, 0.1) is 12.2 Å². The molecule has 0 aliphatic heterocycles. The topological polar surface area (TPSA) is 44.5 Å². The van der Waals surface area contributed by atoms with E-state index in [9.17, 15) is 26.3 Å². The van der Waals surface area contributed by atoms with Crippen molar-refractivity contribution in [2.75, 3.05) is 25.6 Å². The first-order valence-electron chi connectivity index (χ1n) is 5.33. The molecule has 0 atom stereocenters. The molecule has 0 saturated heterocycles. The van der Waals surface area contributed by atoms with Gasteiger partial charge in [0.25, 0.3) is 0 Å². The number of hydrogen-bond donors (Lipinski definition) is 1. The zero-order valence-corrected chi connectivity index (χ0v) is 10.0. The molecule has 0 aliphatic rings. The van der Waals surface area contributed by atoms with Gasteiger partial charge >= 0.3 is 12.4 Å². The Labute approximate surface area is 110 Å². The molecule has 0 amide bonds. The first-order valence-corrected chi connectivity index (χ1v) is 5.33. The molecule has 0 bridgehead atoms. The predicted octanol–water partition coefficient (Wildman–Crippen LogP) is 3.25. The van der Waals surface area contributed by atoms with Crippen LogP contribution in [0, 0.1) is 0 Å². The van der Waals surface area contributed by atoms with Crippen molar-refractivity contribution in [1.82, 2.24) is 0 Å². The van der Waals surface area contributed by atoms with Crippen LogP contribution in [0.5, 0.6) is 5.75 Å². The van der Waals surface area contributed by atoms with Crippen LogP contribution >= 0.6 is 0 Å². The molecule has 1 aromatic rings. The molecule has 3 nitrogen and oxygen atoms in total. The van der Waals surface area contributed by atoms with E-state index in [-0.39, 0.29) is 5.69 Å². The standard InChI is InChI=1S/C11H11F6NO2/c12-10(13,14)6-19-3-4-20-9-2-1-7(18)5-8(9)11(15,16)17/h1-2,5H,3-4,6,18H2. The van der Waals surface area contributed by atoms with Crippen molar-refractivity contribution in [2.24, 2.45) is 0 Å². The molecule has 0 aliphatic carbocycles. The maximum atomic E-state index is 12.6. The average Bonchev–Trinajstić information content (AvgIpc) is 2.27. The summed E-state index contributed by atoms with van der Waals surface area (Å²) >= 11 is 0. The molecule has 0 radical (unpaired) electrons. The molecule has 0 fully saturated rings. The van der Waals surface area contributed by atoms with Crippen LogP contribution in [0.1, 0.15) is 5.56 Å². The number of ether oxygens (including phenoxy) is 2. The summed E-state index contributed by atoms with van der Waals surface area (Å²) in [7, 11) is 0. The Bertz CT molecular complexity index is 444. The van der Waals surface area contributed by atoms with Crippen LogP contribution < -0.4 is 10.5 Å². The lowest BCUT2D eigenvalue weighted by Gasteiger charge is -2.14. The third-order valence-electron chi connectivity index (χ3n) is 2.06. The number of rotatable bonds is 5. The van der Waals surface area contributed by atoms with E-state index >= 15 is 0 Å². The predicted molar refractivity (Wildman–Crippen MR) is 58.2 cm³/mol. The third kappa shape index (κ3) is 5.55. The lowest BCUT2D eigenvalue weighted by atomic mass is 10.1. The van der Waals surface area contributed by atoms with E-state index < -0.39 is 43.5 Å². The molecular weight excluding hydrogens is 292 g/mol. The highest BCUT2D eigenvalue weighted by atomic mass is 19.4. The minimum Gasteiger partial charge on any atom is -0.491 e. The number of alkyl halides is 6. The number of nitrogen functional groups attached to an aromatic ring is 1. The van der Waals surface area contributed by atoms with Crippen molar-refractivity contribution in [3.05, 3.63) is 23.8 Å². The van der Waals surface area contributed by atoms with Crippen LogP contribution in [0.25, 0.3) is 0 Å². The molecule has 9 heteroatoms. The van der Waals surface area contributed by atoms with Crippen LogP contribution in [0.4, 0.5) is 32.0 Å². The number of benzene rings is 1. The van der Waals surface area contributed by atoms with Gasteiger partial charge in [0, 0.05) is 5.69 Å². The SMILES string of the molecule is Nc1ccc(OCCOCC(F)(F)F)c(C(F)(F)F)c1. The van der Waals surface area contributed by atoms with Crippen LogP contribution in [-0.2, 0) is 10.9 Å². The van der Waals surface area contributed by atoms with E-state index in [0.717, 1.165) is 6.07 Å². The fraction of sp³-hybridized carbons (Fsp3) is 0.455. The number of hydrogen-bond acceptors (Lipinski definition) is 3. The molecule has 0 aromatic heterocycles. The normalized spacial score (nSPS) is 12.5. The third-order valence-corrected chi connectivity index (χ3v) is 2.06. The van der Waals surface area contributed by atoms with Gasteiger partial charge in [-0.2, -0.15) is 26.3 Å². The van der Waals surface area contributed by atoms with Gasteiger partial charge in [0.2, 0.25) is 0 Å². The zero-order valence-electron chi connectivity index (χ0n) is 10.0. The van der Waals surface area contributed by atoms with Crippen LogP contribution in [0.2, 0.25) is 0 Å². The second-order valence-corrected chi connectivity index (χ2v) is 3.77. The number of anilines is 1. The second-order valence-electron chi connectivity index (χ2n) is 3.77. The molecule has 0 spiro atoms. The van der Waals surface area contributed by atoms with Crippen LogP contribution in [-0.4, -0.2) is 26.0 Å². The van der Waals surface area contributed by atoms with Gasteiger partial charge in [-0.05, 0) is 18.2 Å². The minimum absolute atomic E-state index is 0.0991. The van der Waals surface area contributed by atoms with Crippen LogP contribution in [0.15, 0.2) is 18.2 Å². The van der Waals surface area contributed by atoms with E-state index in [1.54, 1.807) is 0 Å². The van der Waals surface area contributed by atoms with Crippen molar-refractivity contribution in [3.63, 3.8) is 0 Å². The van der Waals surface area contributed by atoms with Gasteiger partial charge in [-0.3, -0.25) is 0 Å². The summed E-state index contributed by atoms with van der Waals surface area (Å²) in [5, 5.41) is 0. The molecule has 1 aromatic carbocycles. The Morgan fingerprint density at radius 2 is 1.65 bits per heavy atom. The smallest absolute Gasteiger partial charge is 0.420 e. The summed E-state index contributed by atoms with van der Waals surface area (Å²) in [5.41, 5.74) is 4.05. The Hall–Kier alpha value is -1.64. The van der Waals surface area contributed by atoms with Gasteiger partial charge in [0.1, 0.15) is 19.0 Å². The highest BCUT2D eigenvalue weighted by Gasteiger charge is 2.34. The van der Waals surface area contributed by atoms with Gasteiger partial charge in [-0.25, -0.2) is 0 Å². The molecule has 0 unspecified atom stereocenters.